The minimum Gasteiger partial charge on any atom is -0.392 e. The van der Waals surface area contributed by atoms with Gasteiger partial charge < -0.3 is 14.9 Å². The number of rotatable bonds is 2. The smallest absolute Gasteiger partial charge is 0.244 e. The third-order valence-corrected chi connectivity index (χ3v) is 3.65. The van der Waals surface area contributed by atoms with Crippen LogP contribution in [0.2, 0.25) is 0 Å². The molecule has 1 fully saturated rings. The molecule has 1 aromatic heterocycles. The Balaban J connectivity index is 1.88. The van der Waals surface area contributed by atoms with Crippen LogP contribution in [0.3, 0.4) is 0 Å². The van der Waals surface area contributed by atoms with E-state index in [9.17, 15) is 5.11 Å². The van der Waals surface area contributed by atoms with Gasteiger partial charge in [-0.05, 0) is 18.6 Å². The van der Waals surface area contributed by atoms with E-state index in [1.54, 1.807) is 0 Å². The molecule has 5 nitrogen and oxygen atoms in total. The fourth-order valence-corrected chi connectivity index (χ4v) is 2.50. The Bertz CT molecular complexity index is 558. The SMILES string of the molecule is O[C@H]1CN[C@H](c2nc(-c3ccccc3Br)no2)C1. The van der Waals surface area contributed by atoms with Gasteiger partial charge in [-0.15, -0.1) is 0 Å². The third kappa shape index (κ3) is 2.19. The lowest BCUT2D eigenvalue weighted by molar-refractivity contribution is 0.191. The van der Waals surface area contributed by atoms with Crippen molar-refractivity contribution in [3.63, 3.8) is 0 Å². The van der Waals surface area contributed by atoms with Gasteiger partial charge in [0.25, 0.3) is 0 Å². The molecule has 1 saturated heterocycles. The fraction of sp³-hybridized carbons (Fsp3) is 0.333. The Kier molecular flexibility index (Phi) is 3.15. The molecule has 1 aliphatic heterocycles. The second-order valence-corrected chi connectivity index (χ2v) is 5.14. The maximum atomic E-state index is 9.47. The number of nitrogens with one attached hydrogen (secondary N) is 1. The number of hydrogen-bond donors (Lipinski definition) is 2. The first-order valence-electron chi connectivity index (χ1n) is 5.74. The monoisotopic (exact) mass is 309 g/mol. The summed E-state index contributed by atoms with van der Waals surface area (Å²) in [5, 5.41) is 16.6. The van der Waals surface area contributed by atoms with Crippen LogP contribution in [0.25, 0.3) is 11.4 Å². The Morgan fingerprint density at radius 1 is 1.39 bits per heavy atom. The van der Waals surface area contributed by atoms with Crippen molar-refractivity contribution < 1.29 is 9.63 Å². The summed E-state index contributed by atoms with van der Waals surface area (Å²) in [6, 6.07) is 7.67. The second kappa shape index (κ2) is 4.79. The normalized spacial score (nSPS) is 23.4. The van der Waals surface area contributed by atoms with E-state index < -0.39 is 0 Å². The summed E-state index contributed by atoms with van der Waals surface area (Å²) < 4.78 is 6.18. The molecule has 2 N–H and O–H groups in total. The predicted molar refractivity (Wildman–Crippen MR) is 68.8 cm³/mol. The number of aliphatic hydroxyl groups excluding tert-OH is 1. The number of nitrogens with zero attached hydrogens (tertiary/aromatic N) is 2. The molecule has 2 atom stereocenters. The van der Waals surface area contributed by atoms with Gasteiger partial charge >= 0.3 is 0 Å². The van der Waals surface area contributed by atoms with E-state index in [1.807, 2.05) is 24.3 Å². The summed E-state index contributed by atoms with van der Waals surface area (Å²) in [6.45, 7) is 0.567. The van der Waals surface area contributed by atoms with E-state index in [4.69, 9.17) is 4.52 Å². The number of aliphatic hydroxyl groups is 1. The standard InChI is InChI=1S/C12H12BrN3O2/c13-9-4-2-1-3-8(9)11-15-12(18-16-11)10-5-7(17)6-14-10/h1-4,7,10,14,17H,5-6H2/t7-,10+/m1/s1. The van der Waals surface area contributed by atoms with Crippen LogP contribution < -0.4 is 5.32 Å². The van der Waals surface area contributed by atoms with Gasteiger partial charge in [0.15, 0.2) is 0 Å². The highest BCUT2D eigenvalue weighted by Gasteiger charge is 2.28. The maximum absolute atomic E-state index is 9.47. The van der Waals surface area contributed by atoms with Crippen LogP contribution in [0.1, 0.15) is 18.4 Å². The number of β-amino-alcohol motifs (C(OH)–C–C–N with tert-alkyl or cyclic N) is 1. The lowest BCUT2D eigenvalue weighted by atomic mass is 10.2. The molecule has 0 bridgehead atoms. The molecule has 2 aromatic rings. The highest BCUT2D eigenvalue weighted by atomic mass is 79.9. The number of benzene rings is 1. The summed E-state index contributed by atoms with van der Waals surface area (Å²) in [6.07, 6.45) is 0.270. The molecular formula is C12H12BrN3O2. The van der Waals surface area contributed by atoms with E-state index in [0.29, 0.717) is 24.7 Å². The van der Waals surface area contributed by atoms with Gasteiger partial charge in [0.2, 0.25) is 11.7 Å². The quantitative estimate of drug-likeness (QED) is 0.886. The van der Waals surface area contributed by atoms with Crippen LogP contribution in [-0.4, -0.2) is 27.9 Å². The van der Waals surface area contributed by atoms with Crippen molar-refractivity contribution in [3.8, 4) is 11.4 Å². The zero-order chi connectivity index (χ0) is 12.5. The van der Waals surface area contributed by atoms with Crippen molar-refractivity contribution in [3.05, 3.63) is 34.6 Å². The minimum atomic E-state index is -0.339. The van der Waals surface area contributed by atoms with Crippen molar-refractivity contribution in [1.29, 1.82) is 0 Å². The zero-order valence-electron chi connectivity index (χ0n) is 9.51. The molecule has 94 valence electrons. The van der Waals surface area contributed by atoms with Crippen molar-refractivity contribution in [2.24, 2.45) is 0 Å². The van der Waals surface area contributed by atoms with Crippen LogP contribution >= 0.6 is 15.9 Å². The Morgan fingerprint density at radius 3 is 2.94 bits per heavy atom. The molecular weight excluding hydrogens is 298 g/mol. The Labute approximate surface area is 112 Å². The average molecular weight is 310 g/mol. The molecule has 0 spiro atoms. The number of aromatic nitrogens is 2. The average Bonchev–Trinajstić information content (AvgIpc) is 2.98. The van der Waals surface area contributed by atoms with Gasteiger partial charge in [-0.3, -0.25) is 0 Å². The summed E-state index contributed by atoms with van der Waals surface area (Å²) in [5.74, 6) is 1.08. The van der Waals surface area contributed by atoms with Crippen LogP contribution in [-0.2, 0) is 0 Å². The van der Waals surface area contributed by atoms with E-state index in [-0.39, 0.29) is 12.1 Å². The molecule has 0 unspecified atom stereocenters. The maximum Gasteiger partial charge on any atom is 0.244 e. The molecule has 0 saturated carbocycles. The van der Waals surface area contributed by atoms with Crippen LogP contribution in [0.4, 0.5) is 0 Å². The zero-order valence-corrected chi connectivity index (χ0v) is 11.1. The molecule has 3 rings (SSSR count). The van der Waals surface area contributed by atoms with Gasteiger partial charge in [-0.1, -0.05) is 33.2 Å². The first kappa shape index (κ1) is 11.8. The van der Waals surface area contributed by atoms with Crippen molar-refractivity contribution >= 4 is 15.9 Å². The molecule has 6 heteroatoms. The summed E-state index contributed by atoms with van der Waals surface area (Å²) in [7, 11) is 0. The van der Waals surface area contributed by atoms with E-state index in [0.717, 1.165) is 10.0 Å². The Hall–Kier alpha value is -1.24. The fourth-order valence-electron chi connectivity index (χ4n) is 2.03. The molecule has 1 aromatic carbocycles. The van der Waals surface area contributed by atoms with Gasteiger partial charge in [0.05, 0.1) is 12.1 Å². The number of halogens is 1. The summed E-state index contributed by atoms with van der Waals surface area (Å²) >= 11 is 3.46. The first-order valence-corrected chi connectivity index (χ1v) is 6.53. The molecule has 2 heterocycles. The lowest BCUT2D eigenvalue weighted by Gasteiger charge is -2.01. The second-order valence-electron chi connectivity index (χ2n) is 4.29. The Morgan fingerprint density at radius 2 is 2.22 bits per heavy atom. The summed E-state index contributed by atoms with van der Waals surface area (Å²) in [5.41, 5.74) is 0.894. The first-order chi connectivity index (χ1) is 8.74. The van der Waals surface area contributed by atoms with Crippen molar-refractivity contribution in [2.75, 3.05) is 6.54 Å². The molecule has 0 radical (unpaired) electrons. The lowest BCUT2D eigenvalue weighted by Crippen LogP contribution is -2.15. The largest absolute Gasteiger partial charge is 0.392 e. The molecule has 0 amide bonds. The molecule has 1 aliphatic rings. The van der Waals surface area contributed by atoms with Crippen LogP contribution in [0.5, 0.6) is 0 Å². The van der Waals surface area contributed by atoms with Crippen LogP contribution in [0, 0.1) is 0 Å². The summed E-state index contributed by atoms with van der Waals surface area (Å²) in [4.78, 5) is 4.38. The molecule has 0 aliphatic carbocycles. The van der Waals surface area contributed by atoms with Gasteiger partial charge in [-0.25, -0.2) is 0 Å². The van der Waals surface area contributed by atoms with Crippen molar-refractivity contribution in [2.45, 2.75) is 18.6 Å². The minimum absolute atomic E-state index is 0.0521. The van der Waals surface area contributed by atoms with Gasteiger partial charge in [0, 0.05) is 16.6 Å². The number of hydrogen-bond acceptors (Lipinski definition) is 5. The van der Waals surface area contributed by atoms with E-state index in [1.165, 1.54) is 0 Å². The van der Waals surface area contributed by atoms with E-state index in [2.05, 4.69) is 31.4 Å². The van der Waals surface area contributed by atoms with Gasteiger partial charge in [0.1, 0.15) is 0 Å². The topological polar surface area (TPSA) is 71.2 Å². The third-order valence-electron chi connectivity index (χ3n) is 2.96. The van der Waals surface area contributed by atoms with Crippen molar-refractivity contribution in [1.82, 2.24) is 15.5 Å². The van der Waals surface area contributed by atoms with E-state index >= 15 is 0 Å². The molecule has 18 heavy (non-hydrogen) atoms. The van der Waals surface area contributed by atoms with Crippen LogP contribution in [0.15, 0.2) is 33.3 Å². The highest BCUT2D eigenvalue weighted by Crippen LogP contribution is 2.28. The predicted octanol–water partition coefficient (Wildman–Crippen LogP) is 1.89. The van der Waals surface area contributed by atoms with Gasteiger partial charge in [-0.2, -0.15) is 4.98 Å². The highest BCUT2D eigenvalue weighted by molar-refractivity contribution is 9.10.